The van der Waals surface area contributed by atoms with Crippen molar-refractivity contribution in [2.75, 3.05) is 11.9 Å². The largest absolute Gasteiger partial charge is 0.396 e. The molecule has 1 aromatic heterocycles. The summed E-state index contributed by atoms with van der Waals surface area (Å²) in [6, 6.07) is 3.32. The lowest BCUT2D eigenvalue weighted by molar-refractivity contribution is 0.245. The Kier molecular flexibility index (Phi) is 5.28. The van der Waals surface area contributed by atoms with E-state index in [1.165, 1.54) is 0 Å². The van der Waals surface area contributed by atoms with Gasteiger partial charge in [-0.15, -0.1) is 0 Å². The zero-order valence-corrected chi connectivity index (χ0v) is 9.31. The molecule has 3 N–H and O–H groups in total. The van der Waals surface area contributed by atoms with Crippen LogP contribution in [0, 0.1) is 0 Å². The van der Waals surface area contributed by atoms with Crippen molar-refractivity contribution in [2.45, 2.75) is 25.8 Å². The van der Waals surface area contributed by atoms with E-state index >= 15 is 0 Å². The van der Waals surface area contributed by atoms with Crippen LogP contribution in [0.1, 0.15) is 19.8 Å². The molecule has 0 saturated carbocycles. The van der Waals surface area contributed by atoms with Crippen LogP contribution in [-0.4, -0.2) is 28.8 Å². The molecule has 1 rings (SSSR count). The highest BCUT2D eigenvalue weighted by Gasteiger charge is 2.06. The van der Waals surface area contributed by atoms with Crippen molar-refractivity contribution in [2.24, 2.45) is 0 Å². The summed E-state index contributed by atoms with van der Waals surface area (Å²) in [6.07, 6.45) is 4.68. The van der Waals surface area contributed by atoms with E-state index in [1.54, 1.807) is 24.5 Å². The minimum Gasteiger partial charge on any atom is -0.396 e. The first-order chi connectivity index (χ1) is 7.72. The van der Waals surface area contributed by atoms with Gasteiger partial charge in [0.1, 0.15) is 0 Å². The van der Waals surface area contributed by atoms with Crippen LogP contribution < -0.4 is 10.6 Å². The van der Waals surface area contributed by atoms with E-state index in [4.69, 9.17) is 5.11 Å². The highest BCUT2D eigenvalue weighted by atomic mass is 16.3. The number of carbonyl (C=O) groups is 1. The Labute approximate surface area is 94.9 Å². The van der Waals surface area contributed by atoms with Crippen molar-refractivity contribution in [1.82, 2.24) is 10.3 Å². The molecule has 0 aromatic carbocycles. The smallest absolute Gasteiger partial charge is 0.319 e. The van der Waals surface area contributed by atoms with E-state index in [-0.39, 0.29) is 18.7 Å². The van der Waals surface area contributed by atoms with Crippen LogP contribution in [0.2, 0.25) is 0 Å². The Morgan fingerprint density at radius 2 is 2.44 bits per heavy atom. The number of hydrogen-bond donors (Lipinski definition) is 3. The molecule has 0 aliphatic rings. The second-order valence-corrected chi connectivity index (χ2v) is 3.61. The lowest BCUT2D eigenvalue weighted by Gasteiger charge is -2.13. The van der Waals surface area contributed by atoms with Gasteiger partial charge in [0.2, 0.25) is 0 Å². The molecule has 1 atom stereocenters. The molecule has 0 aliphatic carbocycles. The number of amides is 2. The summed E-state index contributed by atoms with van der Waals surface area (Å²) in [4.78, 5) is 15.4. The summed E-state index contributed by atoms with van der Waals surface area (Å²) in [5, 5.41) is 14.1. The van der Waals surface area contributed by atoms with Crippen LogP contribution in [0.3, 0.4) is 0 Å². The van der Waals surface area contributed by atoms with Gasteiger partial charge in [0.05, 0.1) is 11.9 Å². The number of anilines is 1. The van der Waals surface area contributed by atoms with Crippen LogP contribution in [0.25, 0.3) is 0 Å². The average Bonchev–Trinajstić information content (AvgIpc) is 2.27. The summed E-state index contributed by atoms with van der Waals surface area (Å²) < 4.78 is 0. The van der Waals surface area contributed by atoms with Crippen molar-refractivity contribution in [3.05, 3.63) is 24.5 Å². The minimum absolute atomic E-state index is 0.0452. The van der Waals surface area contributed by atoms with Crippen molar-refractivity contribution in [1.29, 1.82) is 0 Å². The van der Waals surface area contributed by atoms with E-state index in [1.807, 2.05) is 6.92 Å². The van der Waals surface area contributed by atoms with Gasteiger partial charge in [-0.2, -0.15) is 0 Å². The number of rotatable bonds is 5. The second-order valence-electron chi connectivity index (χ2n) is 3.61. The van der Waals surface area contributed by atoms with Crippen LogP contribution in [-0.2, 0) is 0 Å². The minimum atomic E-state index is -0.251. The fourth-order valence-corrected chi connectivity index (χ4v) is 1.30. The predicted octanol–water partition coefficient (Wildman–Crippen LogP) is 1.36. The zero-order valence-electron chi connectivity index (χ0n) is 9.31. The number of aliphatic hydroxyl groups is 1. The summed E-state index contributed by atoms with van der Waals surface area (Å²) in [5.74, 6) is 0. The molecule has 0 bridgehead atoms. The molecular weight excluding hydrogens is 206 g/mol. The van der Waals surface area contributed by atoms with Gasteiger partial charge in [-0.25, -0.2) is 4.79 Å². The normalized spacial score (nSPS) is 11.9. The van der Waals surface area contributed by atoms with E-state index < -0.39 is 0 Å². The summed E-state index contributed by atoms with van der Waals surface area (Å²) in [6.45, 7) is 2.05. The highest BCUT2D eigenvalue weighted by molar-refractivity contribution is 5.89. The molecule has 1 heterocycles. The molecular formula is C11H17N3O2. The first kappa shape index (κ1) is 12.4. The number of nitrogens with zero attached hydrogens (tertiary/aromatic N) is 1. The summed E-state index contributed by atoms with van der Waals surface area (Å²) in [5.41, 5.74) is 0.661. The quantitative estimate of drug-likeness (QED) is 0.705. The van der Waals surface area contributed by atoms with Crippen LogP contribution in [0.15, 0.2) is 24.5 Å². The Morgan fingerprint density at radius 3 is 3.06 bits per heavy atom. The molecule has 2 amide bonds. The predicted molar refractivity (Wildman–Crippen MR) is 62.2 cm³/mol. The van der Waals surface area contributed by atoms with E-state index in [0.29, 0.717) is 12.1 Å². The summed E-state index contributed by atoms with van der Waals surface area (Å²) >= 11 is 0. The van der Waals surface area contributed by atoms with Gasteiger partial charge < -0.3 is 15.7 Å². The van der Waals surface area contributed by atoms with Crippen LogP contribution in [0.5, 0.6) is 0 Å². The van der Waals surface area contributed by atoms with Crippen molar-refractivity contribution in [3.8, 4) is 0 Å². The van der Waals surface area contributed by atoms with Crippen molar-refractivity contribution >= 4 is 11.7 Å². The molecule has 0 radical (unpaired) electrons. The number of carbonyl (C=O) groups excluding carboxylic acids is 1. The Bertz CT molecular complexity index is 316. The summed E-state index contributed by atoms with van der Waals surface area (Å²) in [7, 11) is 0. The fraction of sp³-hybridized carbons (Fsp3) is 0.455. The molecule has 1 unspecified atom stereocenters. The van der Waals surface area contributed by atoms with Gasteiger partial charge in [-0.3, -0.25) is 4.98 Å². The molecule has 5 heteroatoms. The molecule has 5 nitrogen and oxygen atoms in total. The maximum Gasteiger partial charge on any atom is 0.319 e. The van der Waals surface area contributed by atoms with Crippen molar-refractivity contribution < 1.29 is 9.90 Å². The number of hydrogen-bond acceptors (Lipinski definition) is 3. The maximum absolute atomic E-state index is 11.5. The third kappa shape index (κ3) is 4.75. The van der Waals surface area contributed by atoms with Gasteiger partial charge >= 0.3 is 6.03 Å². The van der Waals surface area contributed by atoms with E-state index in [9.17, 15) is 4.79 Å². The van der Waals surface area contributed by atoms with Gasteiger partial charge in [-0.1, -0.05) is 0 Å². The fourth-order valence-electron chi connectivity index (χ4n) is 1.30. The molecule has 16 heavy (non-hydrogen) atoms. The third-order valence-corrected chi connectivity index (χ3v) is 2.09. The Balaban J connectivity index is 2.31. The topological polar surface area (TPSA) is 74.2 Å². The third-order valence-electron chi connectivity index (χ3n) is 2.09. The molecule has 0 spiro atoms. The number of aliphatic hydroxyl groups excluding tert-OH is 1. The van der Waals surface area contributed by atoms with Gasteiger partial charge in [0.15, 0.2) is 0 Å². The molecule has 0 fully saturated rings. The second kappa shape index (κ2) is 6.79. The lowest BCUT2D eigenvalue weighted by atomic mass is 10.2. The molecule has 0 saturated heterocycles. The number of nitrogens with one attached hydrogen (secondary N) is 2. The standard InChI is InChI=1S/C11H17N3O2/c1-9(4-3-7-15)13-11(16)14-10-5-2-6-12-8-10/h2,5-6,8-9,15H,3-4,7H2,1H3,(H2,13,14,16). The first-order valence-electron chi connectivity index (χ1n) is 5.31. The average molecular weight is 223 g/mol. The van der Waals surface area contributed by atoms with Crippen LogP contribution >= 0.6 is 0 Å². The SMILES string of the molecule is CC(CCCO)NC(=O)Nc1cccnc1. The molecule has 1 aromatic rings. The molecule has 0 aliphatic heterocycles. The lowest BCUT2D eigenvalue weighted by Crippen LogP contribution is -2.36. The van der Waals surface area contributed by atoms with E-state index in [2.05, 4.69) is 15.6 Å². The maximum atomic E-state index is 11.5. The van der Waals surface area contributed by atoms with Gasteiger partial charge in [-0.05, 0) is 31.9 Å². The molecule has 88 valence electrons. The van der Waals surface area contributed by atoms with Gasteiger partial charge in [0.25, 0.3) is 0 Å². The first-order valence-corrected chi connectivity index (χ1v) is 5.31. The van der Waals surface area contributed by atoms with E-state index in [0.717, 1.165) is 6.42 Å². The number of pyridine rings is 1. The zero-order chi connectivity index (χ0) is 11.8. The van der Waals surface area contributed by atoms with Crippen molar-refractivity contribution in [3.63, 3.8) is 0 Å². The Morgan fingerprint density at radius 1 is 1.62 bits per heavy atom. The number of urea groups is 1. The monoisotopic (exact) mass is 223 g/mol. The van der Waals surface area contributed by atoms with Crippen LogP contribution in [0.4, 0.5) is 10.5 Å². The Hall–Kier alpha value is -1.62. The highest BCUT2D eigenvalue weighted by Crippen LogP contribution is 2.02. The van der Waals surface area contributed by atoms with Gasteiger partial charge in [0, 0.05) is 18.8 Å². The number of aromatic nitrogens is 1.